The number of rotatable bonds is 8. The van der Waals surface area contributed by atoms with Gasteiger partial charge in [0, 0.05) is 43.5 Å². The third-order valence-corrected chi connectivity index (χ3v) is 6.62. The first kappa shape index (κ1) is 22.6. The Balaban J connectivity index is 1.43. The molecule has 1 N–H and O–H groups in total. The molecule has 1 fully saturated rings. The van der Waals surface area contributed by atoms with E-state index in [-0.39, 0.29) is 5.91 Å². The highest BCUT2D eigenvalue weighted by atomic mass is 16.5. The van der Waals surface area contributed by atoms with Gasteiger partial charge in [0.2, 0.25) is 0 Å². The Bertz CT molecular complexity index is 946. The van der Waals surface area contributed by atoms with Crippen molar-refractivity contribution in [2.75, 3.05) is 46.9 Å². The van der Waals surface area contributed by atoms with E-state index >= 15 is 0 Å². The zero-order valence-corrected chi connectivity index (χ0v) is 19.3. The Morgan fingerprint density at radius 2 is 2.12 bits per heavy atom. The fraction of sp³-hybridized carbons (Fsp3) is 0.520. The van der Waals surface area contributed by atoms with E-state index in [0.717, 1.165) is 69.7 Å². The van der Waals surface area contributed by atoms with Crippen molar-refractivity contribution in [3.63, 3.8) is 0 Å². The highest BCUT2D eigenvalue weighted by Gasteiger charge is 2.31. The first-order chi connectivity index (χ1) is 15.6. The van der Waals surface area contributed by atoms with Crippen LogP contribution < -0.4 is 10.1 Å². The van der Waals surface area contributed by atoms with Crippen molar-refractivity contribution in [2.24, 2.45) is 0 Å². The number of nitrogens with zero attached hydrogens (tertiary/aromatic N) is 4. The van der Waals surface area contributed by atoms with Crippen LogP contribution in [-0.2, 0) is 25.8 Å². The van der Waals surface area contributed by atoms with E-state index < -0.39 is 0 Å². The molecule has 0 radical (unpaired) electrons. The number of hydrogen-bond donors (Lipinski definition) is 1. The van der Waals surface area contributed by atoms with Gasteiger partial charge in [-0.1, -0.05) is 18.2 Å². The number of benzene rings is 1. The van der Waals surface area contributed by atoms with Crippen LogP contribution in [0.2, 0.25) is 0 Å². The average Bonchev–Trinajstić information content (AvgIpc) is 3.17. The van der Waals surface area contributed by atoms with Crippen LogP contribution in [0.1, 0.15) is 33.7 Å². The van der Waals surface area contributed by atoms with Crippen LogP contribution >= 0.6 is 0 Å². The van der Waals surface area contributed by atoms with Crippen molar-refractivity contribution in [1.29, 1.82) is 0 Å². The van der Waals surface area contributed by atoms with E-state index in [2.05, 4.69) is 36.0 Å². The number of piperazine rings is 1. The molecule has 32 heavy (non-hydrogen) atoms. The van der Waals surface area contributed by atoms with Gasteiger partial charge in [-0.3, -0.25) is 9.48 Å². The summed E-state index contributed by atoms with van der Waals surface area (Å²) in [6.45, 7) is 8.77. The van der Waals surface area contributed by atoms with Gasteiger partial charge in [-0.2, -0.15) is 5.10 Å². The van der Waals surface area contributed by atoms with Crippen LogP contribution in [0.3, 0.4) is 0 Å². The van der Waals surface area contributed by atoms with Crippen LogP contribution in [-0.4, -0.2) is 78.4 Å². The number of fused-ring (bicyclic) bond motifs is 1. The number of amides is 1. The molecule has 1 saturated heterocycles. The smallest absolute Gasteiger partial charge is 0.274 e. The molecule has 1 aliphatic heterocycles. The normalized spacial score (nSPS) is 18.9. The van der Waals surface area contributed by atoms with Gasteiger partial charge in [-0.15, -0.1) is 6.58 Å². The van der Waals surface area contributed by atoms with Gasteiger partial charge in [0.1, 0.15) is 5.75 Å². The zero-order valence-electron chi connectivity index (χ0n) is 19.3. The largest absolute Gasteiger partial charge is 0.497 e. The summed E-state index contributed by atoms with van der Waals surface area (Å²) in [6, 6.07) is 8.58. The Morgan fingerprint density at radius 3 is 2.88 bits per heavy atom. The molecular formula is C25H35N5O2. The molecule has 2 heterocycles. The van der Waals surface area contributed by atoms with Crippen LogP contribution in [0.4, 0.5) is 0 Å². The minimum absolute atomic E-state index is 0.0780. The first-order valence-corrected chi connectivity index (χ1v) is 11.6. The molecule has 1 unspecified atom stereocenters. The lowest BCUT2D eigenvalue weighted by molar-refractivity contribution is 0.0656. The van der Waals surface area contributed by atoms with Crippen LogP contribution in [0.5, 0.6) is 5.75 Å². The van der Waals surface area contributed by atoms with Crippen molar-refractivity contribution in [1.82, 2.24) is 24.9 Å². The lowest BCUT2D eigenvalue weighted by Gasteiger charge is -2.32. The maximum atomic E-state index is 13.3. The molecule has 0 saturated carbocycles. The number of methoxy groups -OCH3 is 1. The van der Waals surface area contributed by atoms with Gasteiger partial charge in [-0.25, -0.2) is 0 Å². The van der Waals surface area contributed by atoms with Crippen molar-refractivity contribution in [3.8, 4) is 5.75 Å². The molecule has 2 aromatic rings. The summed E-state index contributed by atoms with van der Waals surface area (Å²) in [6.07, 6.45) is 5.64. The van der Waals surface area contributed by atoms with Crippen LogP contribution in [0.15, 0.2) is 36.9 Å². The minimum Gasteiger partial charge on any atom is -0.497 e. The Kier molecular flexibility index (Phi) is 7.27. The second-order valence-electron chi connectivity index (χ2n) is 8.84. The molecule has 7 heteroatoms. The van der Waals surface area contributed by atoms with Crippen molar-refractivity contribution in [2.45, 2.75) is 38.3 Å². The summed E-state index contributed by atoms with van der Waals surface area (Å²) in [5.74, 6) is 0.973. The molecule has 0 spiro atoms. The first-order valence-electron chi connectivity index (χ1n) is 11.6. The van der Waals surface area contributed by atoms with Gasteiger partial charge < -0.3 is 19.9 Å². The predicted octanol–water partition coefficient (Wildman–Crippen LogP) is 2.15. The van der Waals surface area contributed by atoms with Crippen LogP contribution in [0, 0.1) is 0 Å². The lowest BCUT2D eigenvalue weighted by Crippen LogP contribution is -2.47. The molecule has 7 nitrogen and oxygen atoms in total. The minimum atomic E-state index is 0.0780. The summed E-state index contributed by atoms with van der Waals surface area (Å²) >= 11 is 0. The van der Waals surface area contributed by atoms with Crippen molar-refractivity contribution >= 4 is 5.91 Å². The highest BCUT2D eigenvalue weighted by Crippen LogP contribution is 2.26. The van der Waals surface area contributed by atoms with E-state index in [1.165, 1.54) is 11.3 Å². The molecule has 1 atom stereocenters. The topological polar surface area (TPSA) is 62.6 Å². The van der Waals surface area contributed by atoms with E-state index in [9.17, 15) is 4.79 Å². The Hall–Kier alpha value is -2.64. The third-order valence-electron chi connectivity index (χ3n) is 6.62. The van der Waals surface area contributed by atoms with E-state index in [0.29, 0.717) is 18.3 Å². The molecule has 1 aromatic carbocycles. The van der Waals surface area contributed by atoms with Gasteiger partial charge in [0.05, 0.1) is 13.7 Å². The second kappa shape index (κ2) is 10.3. The number of hydrogen-bond acceptors (Lipinski definition) is 5. The number of allylic oxidation sites excluding steroid dienone is 1. The molecule has 4 rings (SSSR count). The van der Waals surface area contributed by atoms with Gasteiger partial charge in [0.25, 0.3) is 5.91 Å². The summed E-state index contributed by atoms with van der Waals surface area (Å²) < 4.78 is 7.31. The molecule has 1 aliphatic carbocycles. The standard InChI is InChI=1S/C25H35N5O2/c1-4-12-30-23-9-8-20(26-11-10-19-6-5-7-21(17-19)32-3)18-22(23)24(27-30)25(31)29-15-13-28(2)14-16-29/h4-7,17,20,26H,1,8-16,18H2,2-3H3. The number of ether oxygens (including phenoxy) is 1. The quantitative estimate of drug-likeness (QED) is 0.642. The van der Waals surface area contributed by atoms with Crippen molar-refractivity contribution < 1.29 is 9.53 Å². The molecule has 1 amide bonds. The number of nitrogens with one attached hydrogen (secondary N) is 1. The number of aromatic nitrogens is 2. The third kappa shape index (κ3) is 5.05. The monoisotopic (exact) mass is 437 g/mol. The maximum absolute atomic E-state index is 13.3. The van der Waals surface area contributed by atoms with Gasteiger partial charge in [-0.05, 0) is 57.0 Å². The Morgan fingerprint density at radius 1 is 1.31 bits per heavy atom. The highest BCUT2D eigenvalue weighted by molar-refractivity contribution is 5.94. The average molecular weight is 438 g/mol. The molecule has 1 aromatic heterocycles. The summed E-state index contributed by atoms with van der Waals surface area (Å²) in [5.41, 5.74) is 4.23. The van der Waals surface area contributed by atoms with Crippen molar-refractivity contribution in [3.05, 3.63) is 59.4 Å². The number of likely N-dealkylation sites (N-methyl/N-ethyl adjacent to an activating group) is 1. The fourth-order valence-electron chi connectivity index (χ4n) is 4.72. The zero-order chi connectivity index (χ0) is 22.5. The van der Waals surface area contributed by atoms with Gasteiger partial charge in [0.15, 0.2) is 5.69 Å². The van der Waals surface area contributed by atoms with Crippen LogP contribution in [0.25, 0.3) is 0 Å². The lowest BCUT2D eigenvalue weighted by atomic mass is 9.90. The maximum Gasteiger partial charge on any atom is 0.274 e. The molecular weight excluding hydrogens is 402 g/mol. The van der Waals surface area contributed by atoms with Gasteiger partial charge >= 0.3 is 0 Å². The summed E-state index contributed by atoms with van der Waals surface area (Å²) in [4.78, 5) is 17.6. The second-order valence-corrected chi connectivity index (χ2v) is 8.84. The van der Waals surface area contributed by atoms with E-state index in [1.807, 2.05) is 27.8 Å². The molecule has 2 aliphatic rings. The van der Waals surface area contributed by atoms with E-state index in [4.69, 9.17) is 9.84 Å². The molecule has 0 bridgehead atoms. The predicted molar refractivity (Wildman–Crippen MR) is 126 cm³/mol. The number of carbonyl (C=O) groups excluding carboxylic acids is 1. The van der Waals surface area contributed by atoms with E-state index in [1.54, 1.807) is 7.11 Å². The fourth-order valence-corrected chi connectivity index (χ4v) is 4.72. The molecule has 172 valence electrons. The number of carbonyl (C=O) groups is 1. The summed E-state index contributed by atoms with van der Waals surface area (Å²) in [5, 5.41) is 8.47. The SMILES string of the molecule is C=CCn1nc(C(=O)N2CCN(C)CC2)c2c1CCC(NCCc1cccc(OC)c1)C2. The Labute approximate surface area is 191 Å². The summed E-state index contributed by atoms with van der Waals surface area (Å²) in [7, 11) is 3.80.